The van der Waals surface area contributed by atoms with E-state index in [1.165, 1.54) is 34.6 Å². The van der Waals surface area contributed by atoms with Gasteiger partial charge < -0.3 is 4.18 Å². The predicted octanol–water partition coefficient (Wildman–Crippen LogP) is 4.18. The molecule has 0 fully saturated rings. The van der Waals surface area contributed by atoms with Gasteiger partial charge in [-0.15, -0.1) is 0 Å². The van der Waals surface area contributed by atoms with E-state index in [1.54, 1.807) is 12.1 Å². The lowest BCUT2D eigenvalue weighted by atomic mass is 10.2. The first-order valence-corrected chi connectivity index (χ1v) is 12.3. The van der Waals surface area contributed by atoms with Gasteiger partial charge in [-0.05, 0) is 41.8 Å². The Balaban J connectivity index is 2.42. The first-order valence-electron chi connectivity index (χ1n) is 8.32. The molecule has 0 atom stereocenters. The van der Waals surface area contributed by atoms with E-state index in [9.17, 15) is 16.8 Å². The predicted molar refractivity (Wildman–Crippen MR) is 111 cm³/mol. The summed E-state index contributed by atoms with van der Waals surface area (Å²) in [7, 11) is -7.62. The molecule has 0 spiro atoms. The minimum Gasteiger partial charge on any atom is -0.383 e. The average Bonchev–Trinajstić information content (AvgIpc) is 2.54. The van der Waals surface area contributed by atoms with Gasteiger partial charge in [0.2, 0.25) is 10.0 Å². The summed E-state index contributed by atoms with van der Waals surface area (Å²) in [5, 5.41) is 0.336. The maximum atomic E-state index is 13.2. The number of sulfonamides is 1. The van der Waals surface area contributed by atoms with E-state index in [0.29, 0.717) is 5.56 Å². The van der Waals surface area contributed by atoms with Crippen LogP contribution in [-0.4, -0.2) is 33.9 Å². The minimum absolute atomic E-state index is 0.0182. The third-order valence-electron chi connectivity index (χ3n) is 3.58. The van der Waals surface area contributed by atoms with Crippen molar-refractivity contribution in [3.8, 4) is 5.75 Å². The molecule has 0 unspecified atom stereocenters. The third-order valence-corrected chi connectivity index (χ3v) is 6.61. The summed E-state index contributed by atoms with van der Waals surface area (Å²) in [4.78, 5) is -0.0779. The minimum atomic E-state index is -3.94. The monoisotopic (exact) mass is 465 g/mol. The van der Waals surface area contributed by atoms with Crippen molar-refractivity contribution in [2.45, 2.75) is 25.3 Å². The Labute approximate surface area is 176 Å². The largest absolute Gasteiger partial charge is 0.383 e. The first-order chi connectivity index (χ1) is 12.9. The van der Waals surface area contributed by atoms with E-state index in [2.05, 4.69) is 0 Å². The number of benzene rings is 2. The van der Waals surface area contributed by atoms with Gasteiger partial charge in [-0.1, -0.05) is 49.2 Å². The van der Waals surface area contributed by atoms with Crippen LogP contribution in [0.3, 0.4) is 0 Å². The highest BCUT2D eigenvalue weighted by atomic mass is 35.5. The molecule has 2 aromatic rings. The Bertz CT molecular complexity index is 1050. The second kappa shape index (κ2) is 9.00. The van der Waals surface area contributed by atoms with Crippen molar-refractivity contribution < 1.29 is 21.0 Å². The summed E-state index contributed by atoms with van der Waals surface area (Å²) < 4.78 is 55.3. The van der Waals surface area contributed by atoms with Crippen LogP contribution >= 0.6 is 23.2 Å². The molecule has 0 saturated heterocycles. The zero-order chi connectivity index (χ0) is 21.1. The molecule has 28 heavy (non-hydrogen) atoms. The number of hydrogen-bond acceptors (Lipinski definition) is 5. The van der Waals surface area contributed by atoms with Gasteiger partial charge >= 0.3 is 10.1 Å². The Hall–Kier alpha value is -1.32. The Morgan fingerprint density at radius 3 is 2.32 bits per heavy atom. The molecule has 0 aliphatic rings. The molecular formula is C18H21Cl2NO5S2. The van der Waals surface area contributed by atoms with E-state index in [4.69, 9.17) is 27.4 Å². The van der Waals surface area contributed by atoms with Crippen LogP contribution in [0.4, 0.5) is 0 Å². The van der Waals surface area contributed by atoms with Crippen molar-refractivity contribution in [1.82, 2.24) is 4.31 Å². The maximum absolute atomic E-state index is 13.2. The fourth-order valence-electron chi connectivity index (χ4n) is 2.54. The molecule has 6 nitrogen and oxygen atoms in total. The molecule has 0 aliphatic carbocycles. The molecule has 2 aromatic carbocycles. The molecular weight excluding hydrogens is 445 g/mol. The Morgan fingerprint density at radius 1 is 1.04 bits per heavy atom. The summed E-state index contributed by atoms with van der Waals surface area (Å²) in [6.07, 6.45) is 0.941. The van der Waals surface area contributed by atoms with Gasteiger partial charge in [-0.3, -0.25) is 0 Å². The van der Waals surface area contributed by atoms with E-state index in [-0.39, 0.29) is 39.7 Å². The summed E-state index contributed by atoms with van der Waals surface area (Å²) in [5.74, 6) is 0.158. The molecule has 0 heterocycles. The highest BCUT2D eigenvalue weighted by Gasteiger charge is 2.28. The van der Waals surface area contributed by atoms with Crippen molar-refractivity contribution in [3.63, 3.8) is 0 Å². The lowest BCUT2D eigenvalue weighted by Crippen LogP contribution is -2.34. The van der Waals surface area contributed by atoms with Gasteiger partial charge in [0, 0.05) is 18.1 Å². The van der Waals surface area contributed by atoms with Crippen molar-refractivity contribution in [2.75, 3.05) is 12.8 Å². The van der Waals surface area contributed by atoms with Crippen LogP contribution < -0.4 is 4.18 Å². The van der Waals surface area contributed by atoms with Crippen molar-refractivity contribution in [3.05, 3.63) is 58.1 Å². The number of halogens is 2. The highest BCUT2D eigenvalue weighted by molar-refractivity contribution is 7.89. The number of nitrogens with zero attached hydrogens (tertiary/aromatic N) is 1. The van der Waals surface area contributed by atoms with E-state index in [1.807, 2.05) is 13.8 Å². The van der Waals surface area contributed by atoms with Crippen molar-refractivity contribution in [1.29, 1.82) is 0 Å². The summed E-state index contributed by atoms with van der Waals surface area (Å²) in [6, 6.07) is 10.5. The highest BCUT2D eigenvalue weighted by Crippen LogP contribution is 2.29. The third kappa shape index (κ3) is 6.35. The normalized spacial score (nSPS) is 12.5. The van der Waals surface area contributed by atoms with E-state index >= 15 is 0 Å². The second-order valence-electron chi connectivity index (χ2n) is 6.70. The van der Waals surface area contributed by atoms with Crippen LogP contribution in [0.2, 0.25) is 10.0 Å². The smallest absolute Gasteiger partial charge is 0.306 e. The molecule has 0 aromatic heterocycles. The molecule has 154 valence electrons. The second-order valence-corrected chi connectivity index (χ2v) is 11.0. The standard InChI is InChI=1S/C18H21Cl2NO5S2/c1-13(2)11-21(28(24,25)18-10-15(19)7-8-17(18)20)12-14-5-4-6-16(9-14)26-27(3,22)23/h4-10,13H,11-12H2,1-3H3. The fraction of sp³-hybridized carbons (Fsp3) is 0.333. The zero-order valence-corrected chi connectivity index (χ0v) is 18.7. The molecule has 0 N–H and O–H groups in total. The summed E-state index contributed by atoms with van der Waals surface area (Å²) in [5.41, 5.74) is 0.573. The lowest BCUT2D eigenvalue weighted by Gasteiger charge is -2.25. The van der Waals surface area contributed by atoms with Crippen LogP contribution in [0, 0.1) is 5.92 Å². The van der Waals surface area contributed by atoms with Crippen molar-refractivity contribution in [2.24, 2.45) is 5.92 Å². The molecule has 10 heteroatoms. The summed E-state index contributed by atoms with van der Waals surface area (Å²) in [6.45, 7) is 4.04. The van der Waals surface area contributed by atoms with Crippen LogP contribution in [0.5, 0.6) is 5.75 Å². The Kier molecular flexibility index (Phi) is 7.38. The molecule has 0 bridgehead atoms. The fourth-order valence-corrected chi connectivity index (χ4v) is 5.33. The van der Waals surface area contributed by atoms with Crippen LogP contribution in [-0.2, 0) is 26.7 Å². The Morgan fingerprint density at radius 2 is 1.71 bits per heavy atom. The quantitative estimate of drug-likeness (QED) is 0.546. The number of hydrogen-bond donors (Lipinski definition) is 0. The molecule has 2 rings (SSSR count). The topological polar surface area (TPSA) is 80.8 Å². The van der Waals surface area contributed by atoms with E-state index in [0.717, 1.165) is 6.26 Å². The molecule has 0 saturated carbocycles. The van der Waals surface area contributed by atoms with Gasteiger partial charge in [0.05, 0.1) is 11.3 Å². The van der Waals surface area contributed by atoms with Gasteiger partial charge in [0.15, 0.2) is 0 Å². The maximum Gasteiger partial charge on any atom is 0.306 e. The van der Waals surface area contributed by atoms with Crippen molar-refractivity contribution >= 4 is 43.3 Å². The SMILES string of the molecule is CC(C)CN(Cc1cccc(OS(C)(=O)=O)c1)S(=O)(=O)c1cc(Cl)ccc1Cl. The first kappa shape index (κ1) is 23.0. The lowest BCUT2D eigenvalue weighted by molar-refractivity contribution is 0.361. The number of rotatable bonds is 8. The zero-order valence-electron chi connectivity index (χ0n) is 15.6. The van der Waals surface area contributed by atoms with Crippen LogP contribution in [0.15, 0.2) is 47.4 Å². The average molecular weight is 466 g/mol. The summed E-state index contributed by atoms with van der Waals surface area (Å²) >= 11 is 12.1. The van der Waals surface area contributed by atoms with Gasteiger partial charge in [-0.2, -0.15) is 12.7 Å². The molecule has 0 amide bonds. The van der Waals surface area contributed by atoms with Crippen LogP contribution in [0.1, 0.15) is 19.4 Å². The van der Waals surface area contributed by atoms with Gasteiger partial charge in [-0.25, -0.2) is 8.42 Å². The molecule has 0 radical (unpaired) electrons. The molecule has 0 aliphatic heterocycles. The van der Waals surface area contributed by atoms with Crippen LogP contribution in [0.25, 0.3) is 0 Å². The van der Waals surface area contributed by atoms with E-state index < -0.39 is 20.1 Å². The van der Waals surface area contributed by atoms with Gasteiger partial charge in [0.1, 0.15) is 10.6 Å². The van der Waals surface area contributed by atoms with Gasteiger partial charge in [0.25, 0.3) is 0 Å².